The van der Waals surface area contributed by atoms with Gasteiger partial charge in [0.25, 0.3) is 0 Å². The molecular weight excluding hydrogens is 248 g/mol. The molecule has 0 bridgehead atoms. The van der Waals surface area contributed by atoms with Gasteiger partial charge in [-0.2, -0.15) is 0 Å². The lowest BCUT2D eigenvalue weighted by molar-refractivity contribution is 0.240. The summed E-state index contributed by atoms with van der Waals surface area (Å²) in [6.45, 7) is 10.5. The Morgan fingerprint density at radius 1 is 1.20 bits per heavy atom. The van der Waals surface area contributed by atoms with Crippen LogP contribution < -0.4 is 4.74 Å². The maximum absolute atomic E-state index is 10.4. The van der Waals surface area contributed by atoms with Crippen LogP contribution in [0.4, 0.5) is 0 Å². The van der Waals surface area contributed by atoms with Gasteiger partial charge in [-0.25, -0.2) is 0 Å². The smallest absolute Gasteiger partial charge is 0.131 e. The van der Waals surface area contributed by atoms with Crippen LogP contribution in [0.2, 0.25) is 0 Å². The van der Waals surface area contributed by atoms with Gasteiger partial charge in [-0.15, -0.1) is 0 Å². The Kier molecular flexibility index (Phi) is 4.42. The first-order chi connectivity index (χ1) is 9.38. The summed E-state index contributed by atoms with van der Waals surface area (Å²) in [6.07, 6.45) is 4.79. The average molecular weight is 274 g/mol. The molecule has 1 N–H and O–H groups in total. The van der Waals surface area contributed by atoms with E-state index in [1.54, 1.807) is 0 Å². The summed E-state index contributed by atoms with van der Waals surface area (Å²) in [4.78, 5) is 0. The molecule has 0 saturated heterocycles. The first-order valence-corrected chi connectivity index (χ1v) is 7.60. The SMILES string of the molecule is Cc1cc(O)c(C2=C[C@@H](C)CC[C@H]2C)c(OC(C)C)c1. The van der Waals surface area contributed by atoms with E-state index in [1.165, 1.54) is 18.4 Å². The van der Waals surface area contributed by atoms with Crippen LogP contribution in [0, 0.1) is 18.8 Å². The van der Waals surface area contributed by atoms with Crippen LogP contribution in [0.3, 0.4) is 0 Å². The van der Waals surface area contributed by atoms with Crippen LogP contribution in [0.25, 0.3) is 5.57 Å². The minimum Gasteiger partial charge on any atom is -0.507 e. The molecule has 2 rings (SSSR count). The molecule has 1 aliphatic carbocycles. The number of ether oxygens (including phenoxy) is 1. The molecular formula is C18H26O2. The number of hydrogen-bond acceptors (Lipinski definition) is 2. The minimum atomic E-state index is 0.104. The fourth-order valence-corrected chi connectivity index (χ4v) is 2.92. The van der Waals surface area contributed by atoms with Gasteiger partial charge in [0.05, 0.1) is 11.7 Å². The largest absolute Gasteiger partial charge is 0.507 e. The zero-order valence-corrected chi connectivity index (χ0v) is 13.2. The molecule has 0 aromatic heterocycles. The van der Waals surface area contributed by atoms with E-state index in [9.17, 15) is 5.11 Å². The normalized spacial score (nSPS) is 22.8. The number of phenolic OH excluding ortho intramolecular Hbond substituents is 1. The van der Waals surface area contributed by atoms with Crippen molar-refractivity contribution < 1.29 is 9.84 Å². The Balaban J connectivity index is 2.54. The molecule has 0 heterocycles. The number of phenols is 1. The highest BCUT2D eigenvalue weighted by Gasteiger charge is 2.24. The first kappa shape index (κ1) is 15.0. The van der Waals surface area contributed by atoms with E-state index in [4.69, 9.17) is 4.74 Å². The van der Waals surface area contributed by atoms with Crippen LogP contribution in [-0.4, -0.2) is 11.2 Å². The molecule has 1 aromatic rings. The van der Waals surface area contributed by atoms with Crippen molar-refractivity contribution in [2.24, 2.45) is 11.8 Å². The fourth-order valence-electron chi connectivity index (χ4n) is 2.92. The van der Waals surface area contributed by atoms with Crippen molar-refractivity contribution in [3.63, 3.8) is 0 Å². The fraction of sp³-hybridized carbons (Fsp3) is 0.556. The highest BCUT2D eigenvalue weighted by molar-refractivity contribution is 5.77. The number of allylic oxidation sites excluding steroid dienone is 2. The maximum atomic E-state index is 10.4. The minimum absolute atomic E-state index is 0.104. The Morgan fingerprint density at radius 3 is 2.55 bits per heavy atom. The third kappa shape index (κ3) is 3.17. The van der Waals surface area contributed by atoms with Crippen molar-refractivity contribution >= 4 is 5.57 Å². The third-order valence-corrected chi connectivity index (χ3v) is 3.93. The quantitative estimate of drug-likeness (QED) is 0.846. The number of benzene rings is 1. The van der Waals surface area contributed by atoms with Crippen molar-refractivity contribution in [1.29, 1.82) is 0 Å². The number of hydrogen-bond donors (Lipinski definition) is 1. The summed E-state index contributed by atoms with van der Waals surface area (Å²) in [7, 11) is 0. The standard InChI is InChI=1S/C18H26O2/c1-11(2)20-17-10-13(4)9-16(19)18(17)15-8-12(3)6-7-14(15)5/h8-12,14,19H,6-7H2,1-5H3/t12-,14+/m0/s1. The molecule has 0 spiro atoms. The maximum Gasteiger partial charge on any atom is 0.131 e. The van der Waals surface area contributed by atoms with Gasteiger partial charge in [-0.3, -0.25) is 0 Å². The zero-order chi connectivity index (χ0) is 14.9. The molecule has 0 radical (unpaired) electrons. The van der Waals surface area contributed by atoms with E-state index in [1.807, 2.05) is 32.9 Å². The van der Waals surface area contributed by atoms with Crippen molar-refractivity contribution in [1.82, 2.24) is 0 Å². The van der Waals surface area contributed by atoms with Gasteiger partial charge < -0.3 is 9.84 Å². The van der Waals surface area contributed by atoms with E-state index in [0.717, 1.165) is 16.9 Å². The summed E-state index contributed by atoms with van der Waals surface area (Å²) >= 11 is 0. The molecule has 0 saturated carbocycles. The van der Waals surface area contributed by atoms with E-state index >= 15 is 0 Å². The second kappa shape index (κ2) is 5.90. The van der Waals surface area contributed by atoms with Crippen LogP contribution in [0.15, 0.2) is 18.2 Å². The van der Waals surface area contributed by atoms with E-state index < -0.39 is 0 Å². The van der Waals surface area contributed by atoms with E-state index in [0.29, 0.717) is 17.6 Å². The summed E-state index contributed by atoms with van der Waals surface area (Å²) in [5.74, 6) is 2.18. The Hall–Kier alpha value is -1.44. The van der Waals surface area contributed by atoms with Gasteiger partial charge in [0.1, 0.15) is 11.5 Å². The van der Waals surface area contributed by atoms with Gasteiger partial charge in [0, 0.05) is 0 Å². The van der Waals surface area contributed by atoms with Gasteiger partial charge in [-0.1, -0.05) is 19.9 Å². The zero-order valence-electron chi connectivity index (χ0n) is 13.2. The highest BCUT2D eigenvalue weighted by Crippen LogP contribution is 2.43. The molecule has 110 valence electrons. The second-order valence-corrected chi connectivity index (χ2v) is 6.40. The summed E-state index contributed by atoms with van der Waals surface area (Å²) in [5, 5.41) is 10.4. The molecule has 20 heavy (non-hydrogen) atoms. The Bertz CT molecular complexity index is 514. The summed E-state index contributed by atoms with van der Waals surface area (Å²) < 4.78 is 5.94. The van der Waals surface area contributed by atoms with Crippen LogP contribution in [0.1, 0.15) is 51.7 Å². The van der Waals surface area contributed by atoms with Crippen LogP contribution in [-0.2, 0) is 0 Å². The molecule has 2 nitrogen and oxygen atoms in total. The monoisotopic (exact) mass is 274 g/mol. The van der Waals surface area contributed by atoms with Crippen LogP contribution >= 0.6 is 0 Å². The average Bonchev–Trinajstić information content (AvgIpc) is 2.31. The predicted molar refractivity (Wildman–Crippen MR) is 84.1 cm³/mol. The highest BCUT2D eigenvalue weighted by atomic mass is 16.5. The molecule has 1 aromatic carbocycles. The molecule has 0 aliphatic heterocycles. The van der Waals surface area contributed by atoms with Crippen LogP contribution in [0.5, 0.6) is 11.5 Å². The molecule has 0 fully saturated rings. The van der Waals surface area contributed by atoms with Crippen molar-refractivity contribution in [3.05, 3.63) is 29.3 Å². The molecule has 0 unspecified atom stereocenters. The third-order valence-electron chi connectivity index (χ3n) is 3.93. The van der Waals surface area contributed by atoms with Gasteiger partial charge >= 0.3 is 0 Å². The first-order valence-electron chi connectivity index (χ1n) is 7.60. The Morgan fingerprint density at radius 2 is 1.90 bits per heavy atom. The van der Waals surface area contributed by atoms with Gasteiger partial charge in [0.2, 0.25) is 0 Å². The van der Waals surface area contributed by atoms with E-state index in [2.05, 4.69) is 19.9 Å². The lowest BCUT2D eigenvalue weighted by atomic mass is 9.80. The molecule has 2 atom stereocenters. The van der Waals surface area contributed by atoms with Gasteiger partial charge in [-0.05, 0) is 68.7 Å². The second-order valence-electron chi connectivity index (χ2n) is 6.40. The lowest BCUT2D eigenvalue weighted by Gasteiger charge is -2.27. The van der Waals surface area contributed by atoms with E-state index in [-0.39, 0.29) is 6.10 Å². The van der Waals surface area contributed by atoms with Crippen molar-refractivity contribution in [3.8, 4) is 11.5 Å². The topological polar surface area (TPSA) is 29.5 Å². The number of rotatable bonds is 3. The van der Waals surface area contributed by atoms with Crippen molar-refractivity contribution in [2.75, 3.05) is 0 Å². The number of aromatic hydroxyl groups is 1. The lowest BCUT2D eigenvalue weighted by Crippen LogP contribution is -2.13. The summed E-state index contributed by atoms with van der Waals surface area (Å²) in [5.41, 5.74) is 3.15. The molecule has 2 heteroatoms. The summed E-state index contributed by atoms with van der Waals surface area (Å²) in [6, 6.07) is 3.86. The predicted octanol–water partition coefficient (Wildman–Crippen LogP) is 4.94. The van der Waals surface area contributed by atoms with Gasteiger partial charge in [0.15, 0.2) is 0 Å². The number of aryl methyl sites for hydroxylation is 1. The molecule has 0 amide bonds. The van der Waals surface area contributed by atoms with Crippen molar-refractivity contribution in [2.45, 2.75) is 53.6 Å². The molecule has 1 aliphatic rings. The Labute approximate surface area is 122 Å².